The molecule has 0 aliphatic heterocycles. The molecule has 2 unspecified atom stereocenters. The van der Waals surface area contributed by atoms with Gasteiger partial charge in [0.15, 0.2) is 0 Å². The predicted octanol–water partition coefficient (Wildman–Crippen LogP) is 0.969. The fraction of sp³-hybridized carbons (Fsp3) is 0.556. The third-order valence-corrected chi connectivity index (χ3v) is 2.08. The highest BCUT2D eigenvalue weighted by molar-refractivity contribution is 5.13. The first-order valence-corrected chi connectivity index (χ1v) is 4.19. The van der Waals surface area contributed by atoms with Gasteiger partial charge in [-0.3, -0.25) is 0 Å². The number of ether oxygens (including phenoxy) is 1. The summed E-state index contributed by atoms with van der Waals surface area (Å²) in [7, 11) is 1.52. The van der Waals surface area contributed by atoms with Gasteiger partial charge in [-0.2, -0.15) is 0 Å². The van der Waals surface area contributed by atoms with E-state index in [1.165, 1.54) is 7.11 Å². The van der Waals surface area contributed by atoms with Gasteiger partial charge < -0.3 is 9.84 Å². The number of aliphatic hydroxyl groups excluding tert-OH is 1. The van der Waals surface area contributed by atoms with Crippen LogP contribution >= 0.6 is 0 Å². The number of hydrogen-bond acceptors (Lipinski definition) is 4. The first-order chi connectivity index (χ1) is 6.15. The average Bonchev–Trinajstić information content (AvgIpc) is 2.17. The van der Waals surface area contributed by atoms with E-state index >= 15 is 0 Å². The minimum atomic E-state index is -0.392. The van der Waals surface area contributed by atoms with Crippen molar-refractivity contribution in [2.75, 3.05) is 7.11 Å². The van der Waals surface area contributed by atoms with Gasteiger partial charge in [-0.1, -0.05) is 6.92 Å². The van der Waals surface area contributed by atoms with Gasteiger partial charge in [0, 0.05) is 18.3 Å². The molecule has 0 saturated carbocycles. The summed E-state index contributed by atoms with van der Waals surface area (Å²) >= 11 is 0. The summed E-state index contributed by atoms with van der Waals surface area (Å²) in [6.45, 7) is 3.67. The molecule has 0 aliphatic rings. The number of methoxy groups -OCH3 is 1. The van der Waals surface area contributed by atoms with Gasteiger partial charge in [-0.05, 0) is 12.5 Å². The number of nitrogens with zero attached hydrogens (tertiary/aromatic N) is 2. The Balaban J connectivity index is 2.79. The van der Waals surface area contributed by atoms with E-state index in [2.05, 4.69) is 9.97 Å². The van der Waals surface area contributed by atoms with Gasteiger partial charge in [0.1, 0.15) is 0 Å². The zero-order chi connectivity index (χ0) is 9.84. The molecule has 0 aromatic carbocycles. The van der Waals surface area contributed by atoms with Gasteiger partial charge in [0.05, 0.1) is 13.2 Å². The molecule has 1 rings (SSSR count). The quantitative estimate of drug-likeness (QED) is 0.756. The minimum absolute atomic E-state index is 0.0471. The SMILES string of the molecule is COc1ncc(C(C)C(C)O)cn1. The number of rotatable bonds is 3. The molecule has 4 nitrogen and oxygen atoms in total. The molecule has 2 atom stereocenters. The molecule has 1 aromatic heterocycles. The van der Waals surface area contributed by atoms with Crippen molar-refractivity contribution in [3.05, 3.63) is 18.0 Å². The summed E-state index contributed by atoms with van der Waals surface area (Å²) in [6, 6.07) is 0.349. The Bertz CT molecular complexity index is 259. The van der Waals surface area contributed by atoms with Crippen molar-refractivity contribution in [3.63, 3.8) is 0 Å². The Labute approximate surface area is 77.6 Å². The van der Waals surface area contributed by atoms with Gasteiger partial charge >= 0.3 is 6.01 Å². The summed E-state index contributed by atoms with van der Waals surface area (Å²) in [6.07, 6.45) is 2.95. The first kappa shape index (κ1) is 9.92. The van der Waals surface area contributed by atoms with Crippen molar-refractivity contribution in [2.45, 2.75) is 25.9 Å². The average molecular weight is 182 g/mol. The Morgan fingerprint density at radius 1 is 1.31 bits per heavy atom. The lowest BCUT2D eigenvalue weighted by molar-refractivity contribution is 0.168. The lowest BCUT2D eigenvalue weighted by Crippen LogP contribution is -2.11. The minimum Gasteiger partial charge on any atom is -0.467 e. The predicted molar refractivity (Wildman–Crippen MR) is 48.7 cm³/mol. The molecule has 0 radical (unpaired) electrons. The van der Waals surface area contributed by atoms with Gasteiger partial charge in [-0.15, -0.1) is 0 Å². The maximum Gasteiger partial charge on any atom is 0.316 e. The molecule has 0 spiro atoms. The van der Waals surface area contributed by atoms with Gasteiger partial charge in [-0.25, -0.2) is 9.97 Å². The highest BCUT2D eigenvalue weighted by Gasteiger charge is 2.12. The maximum atomic E-state index is 9.31. The van der Waals surface area contributed by atoms with Crippen LogP contribution in [-0.4, -0.2) is 28.3 Å². The van der Waals surface area contributed by atoms with E-state index in [1.54, 1.807) is 19.3 Å². The van der Waals surface area contributed by atoms with E-state index in [0.29, 0.717) is 6.01 Å². The largest absolute Gasteiger partial charge is 0.467 e. The summed E-state index contributed by atoms with van der Waals surface area (Å²) in [5.74, 6) is 0.0471. The van der Waals surface area contributed by atoms with Crippen molar-refractivity contribution in [2.24, 2.45) is 0 Å². The summed E-state index contributed by atoms with van der Waals surface area (Å²) in [4.78, 5) is 7.91. The van der Waals surface area contributed by atoms with E-state index in [9.17, 15) is 5.11 Å². The second-order valence-electron chi connectivity index (χ2n) is 3.03. The summed E-state index contributed by atoms with van der Waals surface area (Å²) in [5.41, 5.74) is 0.913. The Hall–Kier alpha value is -1.16. The molecular weight excluding hydrogens is 168 g/mol. The molecule has 13 heavy (non-hydrogen) atoms. The van der Waals surface area contributed by atoms with Crippen LogP contribution in [0.1, 0.15) is 25.3 Å². The van der Waals surface area contributed by atoms with Crippen LogP contribution in [0, 0.1) is 0 Å². The number of hydrogen-bond donors (Lipinski definition) is 1. The van der Waals surface area contributed by atoms with E-state index < -0.39 is 6.10 Å². The molecule has 1 heterocycles. The normalized spacial score (nSPS) is 15.1. The third kappa shape index (κ3) is 2.39. The van der Waals surface area contributed by atoms with Crippen LogP contribution in [0.2, 0.25) is 0 Å². The molecule has 0 fully saturated rings. The second kappa shape index (κ2) is 4.18. The van der Waals surface area contributed by atoms with Crippen molar-refractivity contribution in [1.82, 2.24) is 9.97 Å². The van der Waals surface area contributed by atoms with Crippen molar-refractivity contribution in [3.8, 4) is 6.01 Å². The number of aliphatic hydroxyl groups is 1. The van der Waals surface area contributed by atoms with Crippen molar-refractivity contribution < 1.29 is 9.84 Å². The Morgan fingerprint density at radius 3 is 2.23 bits per heavy atom. The molecular formula is C9H14N2O2. The van der Waals surface area contributed by atoms with Gasteiger partial charge in [0.2, 0.25) is 0 Å². The Kier molecular flexibility index (Phi) is 3.19. The second-order valence-corrected chi connectivity index (χ2v) is 3.03. The summed E-state index contributed by atoms with van der Waals surface area (Å²) in [5, 5.41) is 9.31. The summed E-state index contributed by atoms with van der Waals surface area (Å²) < 4.78 is 4.82. The smallest absolute Gasteiger partial charge is 0.316 e. The lowest BCUT2D eigenvalue weighted by Gasteiger charge is -2.13. The van der Waals surface area contributed by atoms with Crippen LogP contribution in [-0.2, 0) is 0 Å². The monoisotopic (exact) mass is 182 g/mol. The topological polar surface area (TPSA) is 55.2 Å². The molecule has 4 heteroatoms. The fourth-order valence-electron chi connectivity index (χ4n) is 0.945. The molecule has 0 amide bonds. The van der Waals surface area contributed by atoms with Crippen LogP contribution in [0.3, 0.4) is 0 Å². The van der Waals surface area contributed by atoms with Crippen molar-refractivity contribution >= 4 is 0 Å². The highest BCUT2D eigenvalue weighted by atomic mass is 16.5. The van der Waals surface area contributed by atoms with Crippen LogP contribution in [0.4, 0.5) is 0 Å². The van der Waals surface area contributed by atoms with E-state index in [4.69, 9.17) is 4.74 Å². The zero-order valence-corrected chi connectivity index (χ0v) is 8.06. The van der Waals surface area contributed by atoms with E-state index in [0.717, 1.165) is 5.56 Å². The molecule has 1 aromatic rings. The molecule has 0 bridgehead atoms. The first-order valence-electron chi connectivity index (χ1n) is 4.19. The van der Waals surface area contributed by atoms with Crippen LogP contribution < -0.4 is 4.74 Å². The standard InChI is InChI=1S/C9H14N2O2/c1-6(7(2)12)8-4-10-9(13-3)11-5-8/h4-7,12H,1-3H3. The maximum absolute atomic E-state index is 9.31. The number of aromatic nitrogens is 2. The van der Waals surface area contributed by atoms with Crippen LogP contribution in [0.5, 0.6) is 6.01 Å². The zero-order valence-electron chi connectivity index (χ0n) is 8.06. The van der Waals surface area contributed by atoms with E-state index in [1.807, 2.05) is 6.92 Å². The molecule has 72 valence electrons. The fourth-order valence-corrected chi connectivity index (χ4v) is 0.945. The highest BCUT2D eigenvalue weighted by Crippen LogP contribution is 2.17. The van der Waals surface area contributed by atoms with Crippen molar-refractivity contribution in [1.29, 1.82) is 0 Å². The van der Waals surface area contributed by atoms with Crippen LogP contribution in [0.25, 0.3) is 0 Å². The molecule has 1 N–H and O–H groups in total. The van der Waals surface area contributed by atoms with Crippen LogP contribution in [0.15, 0.2) is 12.4 Å². The third-order valence-electron chi connectivity index (χ3n) is 2.08. The lowest BCUT2D eigenvalue weighted by atomic mass is 10.00. The van der Waals surface area contributed by atoms with E-state index in [-0.39, 0.29) is 5.92 Å². The Morgan fingerprint density at radius 2 is 1.85 bits per heavy atom. The molecule has 0 saturated heterocycles. The van der Waals surface area contributed by atoms with Gasteiger partial charge in [0.25, 0.3) is 0 Å². The molecule has 0 aliphatic carbocycles.